The molecule has 0 aromatic carbocycles. The van der Waals surface area contributed by atoms with Gasteiger partial charge in [-0.3, -0.25) is 24.1 Å². The first-order chi connectivity index (χ1) is 12.9. The number of nitrogens with zero attached hydrogens (tertiary/aromatic N) is 2. The van der Waals surface area contributed by atoms with Gasteiger partial charge in [-0.2, -0.15) is 11.8 Å². The third-order valence-electron chi connectivity index (χ3n) is 5.62. The molecule has 28 heavy (non-hydrogen) atoms. The number of unbranched alkanes of at least 4 members (excludes halogenated alkanes) is 2. The van der Waals surface area contributed by atoms with E-state index in [0.717, 1.165) is 6.42 Å². The smallest absolute Gasteiger partial charge is 0.240 e. The Labute approximate surface area is 172 Å². The Morgan fingerprint density at radius 1 is 1.25 bits per heavy atom. The number of hydrogen-bond donors (Lipinski definition) is 1. The molecule has 2 atom stereocenters. The van der Waals surface area contributed by atoms with Crippen LogP contribution in [0.1, 0.15) is 59.8 Å². The van der Waals surface area contributed by atoms with Crippen LogP contribution in [-0.2, 0) is 19.2 Å². The summed E-state index contributed by atoms with van der Waals surface area (Å²) < 4.78 is -0.258. The van der Waals surface area contributed by atoms with Crippen molar-refractivity contribution in [2.75, 3.05) is 19.8 Å². The van der Waals surface area contributed by atoms with E-state index < -0.39 is 11.9 Å². The van der Waals surface area contributed by atoms with Gasteiger partial charge >= 0.3 is 0 Å². The molecule has 1 rings (SSSR count). The second-order valence-corrected chi connectivity index (χ2v) is 9.81. The van der Waals surface area contributed by atoms with Crippen molar-refractivity contribution in [1.29, 1.82) is 0 Å². The zero-order valence-corrected chi connectivity index (χ0v) is 18.8. The number of hydrogen-bond acceptors (Lipinski definition) is 5. The predicted octanol–water partition coefficient (Wildman–Crippen LogP) is 2.03. The summed E-state index contributed by atoms with van der Waals surface area (Å²) in [5.41, 5.74) is 5.40. The van der Waals surface area contributed by atoms with Gasteiger partial charge < -0.3 is 10.6 Å². The van der Waals surface area contributed by atoms with Crippen molar-refractivity contribution in [2.45, 2.75) is 70.6 Å². The molecule has 0 radical (unpaired) electrons. The summed E-state index contributed by atoms with van der Waals surface area (Å²) in [4.78, 5) is 51.4. The van der Waals surface area contributed by atoms with Gasteiger partial charge in [0.25, 0.3) is 0 Å². The molecule has 2 unspecified atom stereocenters. The van der Waals surface area contributed by atoms with Crippen molar-refractivity contribution in [3.63, 3.8) is 0 Å². The lowest BCUT2D eigenvalue weighted by molar-refractivity contribution is -0.140. The second kappa shape index (κ2) is 10.3. The number of carbonyl (C=O) groups excluding carboxylic acids is 4. The minimum Gasteiger partial charge on any atom is -0.368 e. The maximum absolute atomic E-state index is 12.6. The Morgan fingerprint density at radius 3 is 2.36 bits per heavy atom. The first kappa shape index (κ1) is 24.5. The Balaban J connectivity index is 2.43. The van der Waals surface area contributed by atoms with Gasteiger partial charge in [0, 0.05) is 31.2 Å². The Hall–Kier alpha value is -1.57. The Bertz CT molecular complexity index is 606. The number of carbonyl (C=O) groups is 4. The fourth-order valence-electron chi connectivity index (χ4n) is 3.62. The summed E-state index contributed by atoms with van der Waals surface area (Å²) >= 11 is 1.60. The van der Waals surface area contributed by atoms with Gasteiger partial charge in [-0.05, 0) is 38.9 Å². The molecule has 160 valence electrons. The molecule has 0 spiro atoms. The third-order valence-corrected chi connectivity index (χ3v) is 6.95. The molecule has 2 N–H and O–H groups in total. The van der Waals surface area contributed by atoms with Crippen LogP contribution in [0.5, 0.6) is 0 Å². The van der Waals surface area contributed by atoms with Crippen molar-refractivity contribution in [1.82, 2.24) is 9.80 Å². The number of amides is 4. The van der Waals surface area contributed by atoms with Crippen LogP contribution >= 0.6 is 11.8 Å². The monoisotopic (exact) mass is 413 g/mol. The molecule has 1 fully saturated rings. The molecular formula is C20H35N3O4S. The number of thioether (sulfide) groups is 1. The lowest BCUT2D eigenvalue weighted by atomic mass is 9.93. The number of nitrogens with two attached hydrogens (primary N) is 1. The highest BCUT2D eigenvalue weighted by Gasteiger charge is 2.46. The normalized spacial score (nSPS) is 18.7. The first-order valence-corrected chi connectivity index (χ1v) is 11.1. The van der Waals surface area contributed by atoms with Crippen molar-refractivity contribution in [3.8, 4) is 0 Å². The van der Waals surface area contributed by atoms with Crippen molar-refractivity contribution < 1.29 is 19.2 Å². The van der Waals surface area contributed by atoms with E-state index >= 15 is 0 Å². The fourth-order valence-corrected chi connectivity index (χ4v) is 4.09. The molecule has 0 aromatic heterocycles. The minimum atomic E-state index is -0.607. The lowest BCUT2D eigenvalue weighted by Gasteiger charge is -2.28. The van der Waals surface area contributed by atoms with E-state index in [2.05, 4.69) is 0 Å². The van der Waals surface area contributed by atoms with Gasteiger partial charge in [-0.15, -0.1) is 0 Å². The van der Waals surface area contributed by atoms with Crippen LogP contribution in [0.4, 0.5) is 0 Å². The van der Waals surface area contributed by atoms with E-state index in [1.54, 1.807) is 18.8 Å². The zero-order valence-electron chi connectivity index (χ0n) is 18.0. The van der Waals surface area contributed by atoms with Crippen LogP contribution in [0.3, 0.4) is 0 Å². The van der Waals surface area contributed by atoms with Gasteiger partial charge in [0.1, 0.15) is 6.04 Å². The summed E-state index contributed by atoms with van der Waals surface area (Å²) in [7, 11) is 1.60. The van der Waals surface area contributed by atoms with Gasteiger partial charge in [0.05, 0.1) is 5.92 Å². The van der Waals surface area contributed by atoms with Crippen LogP contribution in [0.25, 0.3) is 0 Å². The average Bonchev–Trinajstić information content (AvgIpc) is 2.89. The van der Waals surface area contributed by atoms with Gasteiger partial charge in [-0.25, -0.2) is 0 Å². The summed E-state index contributed by atoms with van der Waals surface area (Å²) in [6.07, 6.45) is 4.59. The number of imide groups is 1. The standard InChI is InChI=1S/C20H35N3O4S/c1-13(2)17(18(21)26)22(5)15(24)10-8-7-9-11-23-16(25)12-14(19(23)27)20(3,4)28-6/h13-14,17H,7-12H2,1-6H3,(H2,21,26). The zero-order chi connectivity index (χ0) is 21.6. The van der Waals surface area contributed by atoms with E-state index in [9.17, 15) is 19.2 Å². The molecule has 1 aliphatic heterocycles. The van der Waals surface area contributed by atoms with Crippen LogP contribution < -0.4 is 5.73 Å². The van der Waals surface area contributed by atoms with Crippen molar-refractivity contribution in [3.05, 3.63) is 0 Å². The highest BCUT2D eigenvalue weighted by atomic mass is 32.2. The van der Waals surface area contributed by atoms with Crippen molar-refractivity contribution in [2.24, 2.45) is 17.6 Å². The molecule has 8 heteroatoms. The van der Waals surface area contributed by atoms with Crippen LogP contribution in [0.2, 0.25) is 0 Å². The molecular weight excluding hydrogens is 378 g/mol. The maximum atomic E-state index is 12.6. The molecule has 0 aromatic rings. The topological polar surface area (TPSA) is 101 Å². The molecule has 1 saturated heterocycles. The number of primary amides is 1. The van der Waals surface area contributed by atoms with E-state index in [0.29, 0.717) is 25.8 Å². The molecule has 0 saturated carbocycles. The van der Waals surface area contributed by atoms with E-state index in [4.69, 9.17) is 5.73 Å². The van der Waals surface area contributed by atoms with Crippen LogP contribution in [0.15, 0.2) is 0 Å². The summed E-state index contributed by atoms with van der Waals surface area (Å²) in [6.45, 7) is 8.10. The molecule has 0 aliphatic carbocycles. The predicted molar refractivity (Wildman–Crippen MR) is 111 cm³/mol. The van der Waals surface area contributed by atoms with Gasteiger partial charge in [0.15, 0.2) is 0 Å². The van der Waals surface area contributed by atoms with Gasteiger partial charge in [0.2, 0.25) is 23.6 Å². The Morgan fingerprint density at radius 2 is 1.86 bits per heavy atom. The van der Waals surface area contributed by atoms with Crippen LogP contribution in [0, 0.1) is 11.8 Å². The van der Waals surface area contributed by atoms with Gasteiger partial charge in [-0.1, -0.05) is 20.3 Å². The van der Waals surface area contributed by atoms with E-state index in [-0.39, 0.29) is 40.7 Å². The average molecular weight is 414 g/mol. The van der Waals surface area contributed by atoms with E-state index in [1.165, 1.54) is 9.80 Å². The van der Waals surface area contributed by atoms with Crippen LogP contribution in [-0.4, -0.2) is 64.1 Å². The number of rotatable bonds is 11. The highest BCUT2D eigenvalue weighted by Crippen LogP contribution is 2.38. The highest BCUT2D eigenvalue weighted by molar-refractivity contribution is 8.00. The maximum Gasteiger partial charge on any atom is 0.240 e. The third kappa shape index (κ3) is 5.96. The lowest BCUT2D eigenvalue weighted by Crippen LogP contribution is -2.48. The summed E-state index contributed by atoms with van der Waals surface area (Å²) in [5.74, 6) is -1.12. The first-order valence-electron chi connectivity index (χ1n) is 9.88. The summed E-state index contributed by atoms with van der Waals surface area (Å²) in [6, 6.07) is -0.607. The molecule has 1 aliphatic rings. The quantitative estimate of drug-likeness (QED) is 0.413. The molecule has 0 bridgehead atoms. The summed E-state index contributed by atoms with van der Waals surface area (Å²) in [5, 5.41) is 0. The molecule has 4 amide bonds. The minimum absolute atomic E-state index is 0.0443. The molecule has 7 nitrogen and oxygen atoms in total. The Kier molecular flexibility index (Phi) is 8.98. The fraction of sp³-hybridized carbons (Fsp3) is 0.800. The largest absolute Gasteiger partial charge is 0.368 e. The van der Waals surface area contributed by atoms with Crippen molar-refractivity contribution >= 4 is 35.4 Å². The number of likely N-dealkylation sites (tertiary alicyclic amines) is 1. The SMILES string of the molecule is CSC(C)(C)C1CC(=O)N(CCCCCC(=O)N(C)C(C(N)=O)C(C)C)C1=O. The number of likely N-dealkylation sites (N-methyl/N-ethyl adjacent to an activating group) is 1. The molecule has 1 heterocycles. The second-order valence-electron chi connectivity index (χ2n) is 8.35. The van der Waals surface area contributed by atoms with E-state index in [1.807, 2.05) is 34.0 Å².